The monoisotopic (exact) mass is 623 g/mol. The maximum atomic E-state index is 12.7. The zero-order chi connectivity index (χ0) is 32.4. The van der Waals surface area contributed by atoms with Gasteiger partial charge in [0.15, 0.2) is 6.10 Å². The van der Waals surface area contributed by atoms with Crippen molar-refractivity contribution in [3.8, 4) is 0 Å². The van der Waals surface area contributed by atoms with Gasteiger partial charge in [0, 0.05) is 25.1 Å². The topological polar surface area (TPSA) is 103 Å². The lowest BCUT2D eigenvalue weighted by Gasteiger charge is -2.45. The molecular formula is C36H65NO7. The Morgan fingerprint density at radius 2 is 1.39 bits per heavy atom. The van der Waals surface area contributed by atoms with Gasteiger partial charge in [0.25, 0.3) is 0 Å². The van der Waals surface area contributed by atoms with Gasteiger partial charge >= 0.3 is 6.16 Å². The van der Waals surface area contributed by atoms with Gasteiger partial charge in [0.2, 0.25) is 0 Å². The molecule has 2 N–H and O–H groups in total. The molecule has 0 radical (unpaired) electrons. The van der Waals surface area contributed by atoms with Crippen molar-refractivity contribution in [2.24, 2.45) is 0 Å². The molecule has 256 valence electrons. The van der Waals surface area contributed by atoms with Crippen LogP contribution in [0.2, 0.25) is 0 Å². The molecule has 1 heterocycles. The van der Waals surface area contributed by atoms with Crippen LogP contribution in [0.4, 0.5) is 4.79 Å². The van der Waals surface area contributed by atoms with E-state index in [1.54, 1.807) is 0 Å². The average Bonchev–Trinajstić information content (AvgIpc) is 3.00. The molecule has 0 amide bonds. The minimum absolute atomic E-state index is 0.00986. The summed E-state index contributed by atoms with van der Waals surface area (Å²) in [4.78, 5) is 25.2. The maximum absolute atomic E-state index is 12.7. The number of Topliss-reactive ketones (excluding diaryl/α,β-unsaturated/α-hetero) is 1. The number of nitrogens with one attached hydrogen (secondary N) is 1. The first-order chi connectivity index (χ1) is 21.4. The van der Waals surface area contributed by atoms with Crippen LogP contribution >= 0.6 is 0 Å². The van der Waals surface area contributed by atoms with Gasteiger partial charge < -0.3 is 29.4 Å². The summed E-state index contributed by atoms with van der Waals surface area (Å²) in [7, 11) is 0. The van der Waals surface area contributed by atoms with Crippen LogP contribution in [0.25, 0.3) is 0 Å². The molecule has 1 rings (SSSR count). The standard InChI is InChI=1S/C36H65NO7/c1-6-9-11-13-15-17-18-20-22-24-31(39)27-29(4)37-33-30(5)43-32(28-38)34(44-36(40)42-25-8-3)35(33)41-26-23-21-19-16-14-12-10-7-2/h8,30,32-35,37-38H,3-4,6-7,9-28H2,1-2,5H3. The van der Waals surface area contributed by atoms with Crippen molar-refractivity contribution in [3.63, 3.8) is 0 Å². The normalized spacial score (nSPS) is 21.5. The van der Waals surface area contributed by atoms with Crippen molar-refractivity contribution in [3.05, 3.63) is 24.9 Å². The Morgan fingerprint density at radius 3 is 1.93 bits per heavy atom. The second kappa shape index (κ2) is 26.3. The number of rotatable bonds is 28. The number of aliphatic hydroxyl groups excluding tert-OH is 1. The van der Waals surface area contributed by atoms with Gasteiger partial charge in [-0.25, -0.2) is 4.79 Å². The molecule has 8 heteroatoms. The Kier molecular flexibility index (Phi) is 24.0. The van der Waals surface area contributed by atoms with Crippen LogP contribution in [0.3, 0.4) is 0 Å². The molecule has 0 bridgehead atoms. The van der Waals surface area contributed by atoms with E-state index in [9.17, 15) is 14.7 Å². The zero-order valence-electron chi connectivity index (χ0n) is 28.3. The van der Waals surface area contributed by atoms with Crippen LogP contribution in [0.1, 0.15) is 143 Å². The van der Waals surface area contributed by atoms with E-state index < -0.39 is 30.5 Å². The number of allylic oxidation sites excluding steroid dienone is 1. The molecule has 0 aliphatic carbocycles. The lowest BCUT2D eigenvalue weighted by molar-refractivity contribution is -0.207. The molecule has 1 aliphatic heterocycles. The Labute approximate surface area is 268 Å². The molecular weight excluding hydrogens is 558 g/mol. The fraction of sp³-hybridized carbons (Fsp3) is 0.833. The van der Waals surface area contributed by atoms with E-state index in [-0.39, 0.29) is 31.5 Å². The zero-order valence-corrected chi connectivity index (χ0v) is 28.3. The summed E-state index contributed by atoms with van der Waals surface area (Å²) in [5, 5.41) is 13.4. The number of carbonyl (C=O) groups excluding carboxylic acids is 2. The lowest BCUT2D eigenvalue weighted by atomic mass is 9.92. The highest BCUT2D eigenvalue weighted by atomic mass is 16.7. The molecule has 0 aromatic heterocycles. The van der Waals surface area contributed by atoms with Crippen LogP contribution in [-0.4, -0.2) is 67.3 Å². The van der Waals surface area contributed by atoms with Crippen LogP contribution < -0.4 is 5.32 Å². The number of hydrogen-bond donors (Lipinski definition) is 2. The number of unbranched alkanes of at least 4 members (excludes halogenated alkanes) is 15. The van der Waals surface area contributed by atoms with E-state index in [4.69, 9.17) is 18.9 Å². The SMILES string of the molecule is C=CCOC(=O)OC1C(CO)OC(C)C(NC(=C)CC(=O)CCCCCCCCCCC)C1OCCCCCCCCCC. The number of ketones is 1. The molecule has 1 aliphatic rings. The summed E-state index contributed by atoms with van der Waals surface area (Å²) in [5.74, 6) is 0.153. The smallest absolute Gasteiger partial charge is 0.430 e. The third-order valence-corrected chi connectivity index (χ3v) is 8.32. The first kappa shape index (κ1) is 40.1. The van der Waals surface area contributed by atoms with Crippen molar-refractivity contribution < 1.29 is 33.6 Å². The maximum Gasteiger partial charge on any atom is 0.509 e. The lowest BCUT2D eigenvalue weighted by Crippen LogP contribution is -2.64. The predicted molar refractivity (Wildman–Crippen MR) is 178 cm³/mol. The van der Waals surface area contributed by atoms with Gasteiger partial charge in [0.05, 0.1) is 18.8 Å². The summed E-state index contributed by atoms with van der Waals surface area (Å²) >= 11 is 0. The van der Waals surface area contributed by atoms with Gasteiger partial charge in [-0.1, -0.05) is 129 Å². The van der Waals surface area contributed by atoms with E-state index in [1.165, 1.54) is 83.1 Å². The van der Waals surface area contributed by atoms with Gasteiger partial charge in [-0.2, -0.15) is 0 Å². The van der Waals surface area contributed by atoms with Crippen molar-refractivity contribution >= 4 is 11.9 Å². The number of ether oxygens (including phenoxy) is 4. The Bertz CT molecular complexity index is 774. The molecule has 1 fully saturated rings. The third-order valence-electron chi connectivity index (χ3n) is 8.32. The van der Waals surface area contributed by atoms with Gasteiger partial charge in [0.1, 0.15) is 24.6 Å². The average molecular weight is 624 g/mol. The Morgan fingerprint density at radius 1 is 0.841 bits per heavy atom. The van der Waals surface area contributed by atoms with Crippen LogP contribution in [0.5, 0.6) is 0 Å². The molecule has 44 heavy (non-hydrogen) atoms. The quantitative estimate of drug-likeness (QED) is 0.0509. The molecule has 1 saturated heterocycles. The van der Waals surface area contributed by atoms with Gasteiger partial charge in [-0.3, -0.25) is 4.79 Å². The Balaban J connectivity index is 2.69. The van der Waals surface area contributed by atoms with E-state index in [0.717, 1.165) is 32.1 Å². The van der Waals surface area contributed by atoms with E-state index in [2.05, 4.69) is 32.3 Å². The van der Waals surface area contributed by atoms with E-state index in [1.807, 2.05) is 6.92 Å². The largest absolute Gasteiger partial charge is 0.509 e. The fourth-order valence-electron chi connectivity index (χ4n) is 5.78. The molecule has 8 nitrogen and oxygen atoms in total. The summed E-state index contributed by atoms with van der Waals surface area (Å²) in [6.45, 7) is 14.2. The van der Waals surface area contributed by atoms with E-state index >= 15 is 0 Å². The van der Waals surface area contributed by atoms with E-state index in [0.29, 0.717) is 18.7 Å². The molecule has 5 unspecified atom stereocenters. The first-order valence-electron chi connectivity index (χ1n) is 17.7. The summed E-state index contributed by atoms with van der Waals surface area (Å²) < 4.78 is 23.1. The van der Waals surface area contributed by atoms with Crippen LogP contribution in [0, 0.1) is 0 Å². The number of aliphatic hydroxyl groups is 1. The highest BCUT2D eigenvalue weighted by Gasteiger charge is 2.47. The van der Waals surface area contributed by atoms with Crippen molar-refractivity contribution in [1.29, 1.82) is 0 Å². The van der Waals surface area contributed by atoms with Crippen LogP contribution in [-0.2, 0) is 23.7 Å². The second-order valence-electron chi connectivity index (χ2n) is 12.4. The van der Waals surface area contributed by atoms with Crippen LogP contribution in [0.15, 0.2) is 24.9 Å². The fourth-order valence-corrected chi connectivity index (χ4v) is 5.78. The van der Waals surface area contributed by atoms with Gasteiger partial charge in [-0.05, 0) is 19.8 Å². The van der Waals surface area contributed by atoms with Crippen molar-refractivity contribution in [2.75, 3.05) is 19.8 Å². The van der Waals surface area contributed by atoms with Gasteiger partial charge in [-0.15, -0.1) is 0 Å². The highest BCUT2D eigenvalue weighted by Crippen LogP contribution is 2.28. The molecule has 0 aromatic rings. The Hall–Kier alpha value is -1.90. The molecule has 0 spiro atoms. The highest BCUT2D eigenvalue weighted by molar-refractivity contribution is 5.80. The second-order valence-corrected chi connectivity index (χ2v) is 12.4. The number of hydrogen-bond acceptors (Lipinski definition) is 8. The number of carbonyl (C=O) groups is 2. The third kappa shape index (κ3) is 18.2. The first-order valence-corrected chi connectivity index (χ1v) is 17.7. The predicted octanol–water partition coefficient (Wildman–Crippen LogP) is 8.35. The molecule has 0 saturated carbocycles. The summed E-state index contributed by atoms with van der Waals surface area (Å²) in [5.41, 5.74) is 0.586. The minimum Gasteiger partial charge on any atom is -0.430 e. The summed E-state index contributed by atoms with van der Waals surface area (Å²) in [6, 6.07) is -0.433. The molecule has 0 aromatic carbocycles. The summed E-state index contributed by atoms with van der Waals surface area (Å²) in [6.07, 6.45) is 19.0. The van der Waals surface area contributed by atoms with Crippen molar-refractivity contribution in [2.45, 2.75) is 173 Å². The minimum atomic E-state index is -0.898. The van der Waals surface area contributed by atoms with Crippen molar-refractivity contribution in [1.82, 2.24) is 5.32 Å². The molecule has 5 atom stereocenters.